The van der Waals surface area contributed by atoms with Crippen LogP contribution in [0.3, 0.4) is 0 Å². The Morgan fingerprint density at radius 3 is 2.32 bits per heavy atom. The van der Waals surface area contributed by atoms with Crippen molar-refractivity contribution in [2.45, 2.75) is 6.42 Å². The van der Waals surface area contributed by atoms with E-state index in [2.05, 4.69) is 5.32 Å². The molecule has 0 spiro atoms. The number of imide groups is 1. The molecule has 5 nitrogen and oxygen atoms in total. The second kappa shape index (κ2) is 6.82. The van der Waals surface area contributed by atoms with Gasteiger partial charge in [0.1, 0.15) is 5.82 Å². The number of benzene rings is 2. The van der Waals surface area contributed by atoms with E-state index >= 15 is 0 Å². The normalized spacial score (nSPS) is 13.2. The lowest BCUT2D eigenvalue weighted by molar-refractivity contribution is -0.116. The third-order valence-electron chi connectivity index (χ3n) is 3.74. The van der Waals surface area contributed by atoms with Crippen molar-refractivity contribution in [3.63, 3.8) is 0 Å². The first kappa shape index (κ1) is 17.4. The third kappa shape index (κ3) is 3.23. The Morgan fingerprint density at radius 2 is 1.68 bits per heavy atom. The second-order valence-electron chi connectivity index (χ2n) is 5.32. The summed E-state index contributed by atoms with van der Waals surface area (Å²) in [6.07, 6.45) is -0.172. The van der Waals surface area contributed by atoms with Gasteiger partial charge < -0.3 is 5.32 Å². The lowest BCUT2D eigenvalue weighted by Gasteiger charge is -2.14. The average Bonchev–Trinajstić information content (AvgIpc) is 2.81. The molecule has 8 heteroatoms. The Balaban J connectivity index is 1.69. The van der Waals surface area contributed by atoms with E-state index in [1.807, 2.05) is 0 Å². The van der Waals surface area contributed by atoms with E-state index in [1.54, 1.807) is 18.2 Å². The van der Waals surface area contributed by atoms with Crippen LogP contribution in [0.2, 0.25) is 10.0 Å². The molecule has 1 N–H and O–H groups in total. The van der Waals surface area contributed by atoms with Gasteiger partial charge in [0, 0.05) is 13.0 Å². The summed E-state index contributed by atoms with van der Waals surface area (Å²) in [5.74, 6) is -2.61. The van der Waals surface area contributed by atoms with Crippen LogP contribution < -0.4 is 5.32 Å². The molecule has 0 radical (unpaired) electrons. The van der Waals surface area contributed by atoms with Crippen LogP contribution in [-0.2, 0) is 4.79 Å². The summed E-state index contributed by atoms with van der Waals surface area (Å²) in [5.41, 5.74) is -0.00847. The SMILES string of the molecule is O=C(CCN1C(=O)c2cccc(F)c2C1=O)Nc1c(Cl)cccc1Cl. The van der Waals surface area contributed by atoms with Gasteiger partial charge in [-0.3, -0.25) is 19.3 Å². The number of amides is 3. The summed E-state index contributed by atoms with van der Waals surface area (Å²) in [6, 6.07) is 8.61. The van der Waals surface area contributed by atoms with E-state index in [-0.39, 0.29) is 39.8 Å². The van der Waals surface area contributed by atoms with Gasteiger partial charge in [-0.1, -0.05) is 35.3 Å². The molecule has 0 unspecified atom stereocenters. The summed E-state index contributed by atoms with van der Waals surface area (Å²) < 4.78 is 13.8. The maximum absolute atomic E-state index is 13.8. The predicted octanol–water partition coefficient (Wildman–Crippen LogP) is 3.76. The zero-order chi connectivity index (χ0) is 18.1. The molecule has 3 rings (SSSR count). The Morgan fingerprint density at radius 1 is 1.04 bits per heavy atom. The molecule has 0 saturated heterocycles. The van der Waals surface area contributed by atoms with Gasteiger partial charge in [0.15, 0.2) is 0 Å². The lowest BCUT2D eigenvalue weighted by Crippen LogP contribution is -2.33. The highest BCUT2D eigenvalue weighted by Gasteiger charge is 2.37. The summed E-state index contributed by atoms with van der Waals surface area (Å²) in [4.78, 5) is 37.3. The summed E-state index contributed by atoms with van der Waals surface area (Å²) >= 11 is 11.9. The van der Waals surface area contributed by atoms with E-state index in [1.165, 1.54) is 12.1 Å². The van der Waals surface area contributed by atoms with Crippen LogP contribution in [0.25, 0.3) is 0 Å². The Kier molecular flexibility index (Phi) is 4.74. The molecule has 2 aromatic carbocycles. The smallest absolute Gasteiger partial charge is 0.264 e. The number of rotatable bonds is 4. The fourth-order valence-corrected chi connectivity index (χ4v) is 3.02. The van der Waals surface area contributed by atoms with Gasteiger partial charge in [-0.2, -0.15) is 0 Å². The van der Waals surface area contributed by atoms with Crippen molar-refractivity contribution in [1.29, 1.82) is 0 Å². The average molecular weight is 381 g/mol. The number of nitrogens with one attached hydrogen (secondary N) is 1. The van der Waals surface area contributed by atoms with E-state index in [9.17, 15) is 18.8 Å². The molecule has 0 fully saturated rings. The van der Waals surface area contributed by atoms with Gasteiger partial charge in [0.2, 0.25) is 5.91 Å². The van der Waals surface area contributed by atoms with E-state index in [0.717, 1.165) is 11.0 Å². The predicted molar refractivity (Wildman–Crippen MR) is 91.5 cm³/mol. The summed E-state index contributed by atoms with van der Waals surface area (Å²) in [7, 11) is 0. The second-order valence-corrected chi connectivity index (χ2v) is 6.13. The summed E-state index contributed by atoms with van der Waals surface area (Å²) in [5, 5.41) is 3.07. The number of hydrogen-bond donors (Lipinski definition) is 1. The zero-order valence-corrected chi connectivity index (χ0v) is 14.2. The number of nitrogens with zero attached hydrogens (tertiary/aromatic N) is 1. The molecule has 128 valence electrons. The topological polar surface area (TPSA) is 66.5 Å². The van der Waals surface area contributed by atoms with Crippen LogP contribution >= 0.6 is 23.2 Å². The highest BCUT2D eigenvalue weighted by Crippen LogP contribution is 2.30. The lowest BCUT2D eigenvalue weighted by atomic mass is 10.1. The molecule has 1 heterocycles. The Hall–Kier alpha value is -2.44. The van der Waals surface area contributed by atoms with Gasteiger partial charge >= 0.3 is 0 Å². The third-order valence-corrected chi connectivity index (χ3v) is 4.37. The number of fused-ring (bicyclic) bond motifs is 1. The quantitative estimate of drug-likeness (QED) is 0.821. The zero-order valence-electron chi connectivity index (χ0n) is 12.7. The monoisotopic (exact) mass is 380 g/mol. The fourth-order valence-electron chi connectivity index (χ4n) is 2.53. The first-order valence-corrected chi connectivity index (χ1v) is 8.04. The first-order chi connectivity index (χ1) is 11.9. The molecule has 0 aliphatic carbocycles. The number of para-hydroxylation sites is 1. The van der Waals surface area contributed by atoms with Gasteiger partial charge in [0.25, 0.3) is 11.8 Å². The van der Waals surface area contributed by atoms with E-state index in [4.69, 9.17) is 23.2 Å². The van der Waals surface area contributed by atoms with Crippen LogP contribution in [0.5, 0.6) is 0 Å². The number of anilines is 1. The van der Waals surface area contributed by atoms with Crippen molar-refractivity contribution in [1.82, 2.24) is 4.90 Å². The van der Waals surface area contributed by atoms with Crippen molar-refractivity contribution in [3.8, 4) is 0 Å². The number of halogens is 3. The molecule has 1 aliphatic rings. The molecule has 0 atom stereocenters. The molecule has 25 heavy (non-hydrogen) atoms. The van der Waals surface area contributed by atoms with Gasteiger partial charge in [-0.05, 0) is 24.3 Å². The van der Waals surface area contributed by atoms with Gasteiger partial charge in [-0.15, -0.1) is 0 Å². The molecule has 3 amide bonds. The van der Waals surface area contributed by atoms with Crippen molar-refractivity contribution in [2.24, 2.45) is 0 Å². The highest BCUT2D eigenvalue weighted by molar-refractivity contribution is 6.39. The minimum Gasteiger partial charge on any atom is -0.323 e. The van der Waals surface area contributed by atoms with Gasteiger partial charge in [0.05, 0.1) is 26.9 Å². The maximum Gasteiger partial charge on any atom is 0.264 e. The van der Waals surface area contributed by atoms with Crippen molar-refractivity contribution in [3.05, 3.63) is 63.4 Å². The van der Waals surface area contributed by atoms with Crippen molar-refractivity contribution in [2.75, 3.05) is 11.9 Å². The standard InChI is InChI=1S/C17H11Cl2FN2O3/c18-10-4-2-5-11(19)15(10)21-13(23)7-8-22-16(24)9-3-1-6-12(20)14(9)17(22)25/h1-6H,7-8H2,(H,21,23). The molecule has 0 saturated carbocycles. The van der Waals surface area contributed by atoms with Crippen LogP contribution in [-0.4, -0.2) is 29.2 Å². The largest absolute Gasteiger partial charge is 0.323 e. The number of carbonyl (C=O) groups is 3. The molecular formula is C17H11Cl2FN2O3. The molecule has 1 aliphatic heterocycles. The van der Waals surface area contributed by atoms with Crippen LogP contribution in [0, 0.1) is 5.82 Å². The van der Waals surface area contributed by atoms with E-state index < -0.39 is 23.5 Å². The van der Waals surface area contributed by atoms with Crippen LogP contribution in [0.15, 0.2) is 36.4 Å². The minimum atomic E-state index is -0.759. The Bertz CT molecular complexity index is 881. The van der Waals surface area contributed by atoms with Crippen LogP contribution in [0.1, 0.15) is 27.1 Å². The first-order valence-electron chi connectivity index (χ1n) is 7.28. The Labute approximate surface area is 152 Å². The summed E-state index contributed by atoms with van der Waals surface area (Å²) in [6.45, 7) is -0.181. The van der Waals surface area contributed by atoms with E-state index in [0.29, 0.717) is 0 Å². The molecule has 0 aromatic heterocycles. The maximum atomic E-state index is 13.8. The fraction of sp³-hybridized carbons (Fsp3) is 0.118. The molecule has 2 aromatic rings. The minimum absolute atomic E-state index is 0.000411. The number of carbonyl (C=O) groups excluding carboxylic acids is 3. The van der Waals surface area contributed by atoms with Crippen molar-refractivity contribution < 1.29 is 18.8 Å². The van der Waals surface area contributed by atoms with Crippen molar-refractivity contribution >= 4 is 46.6 Å². The molecule has 0 bridgehead atoms. The molecular weight excluding hydrogens is 370 g/mol. The number of hydrogen-bond acceptors (Lipinski definition) is 3. The highest BCUT2D eigenvalue weighted by atomic mass is 35.5. The van der Waals surface area contributed by atoms with Crippen LogP contribution in [0.4, 0.5) is 10.1 Å². The van der Waals surface area contributed by atoms with Gasteiger partial charge in [-0.25, -0.2) is 4.39 Å².